The Morgan fingerprint density at radius 1 is 0.879 bits per heavy atom. The maximum absolute atomic E-state index is 14.0. The molecular weight excluding hydrogens is 473 g/mol. The highest BCUT2D eigenvalue weighted by Crippen LogP contribution is 2.31. The van der Waals surface area contributed by atoms with E-state index in [-0.39, 0.29) is 17.0 Å². The van der Waals surface area contributed by atoms with Crippen LogP contribution in [0.1, 0.15) is 18.4 Å². The van der Waals surface area contributed by atoms with Gasteiger partial charge in [-0.3, -0.25) is 9.21 Å². The lowest BCUT2D eigenvalue weighted by Crippen LogP contribution is -2.47. The van der Waals surface area contributed by atoms with E-state index in [1.165, 1.54) is 71.0 Å². The molecule has 0 aliphatic carbocycles. The van der Waals surface area contributed by atoms with Crippen LogP contribution in [0.15, 0.2) is 71.6 Å². The summed E-state index contributed by atoms with van der Waals surface area (Å²) in [5, 5.41) is 0.413. The van der Waals surface area contributed by atoms with E-state index in [1.807, 2.05) is 4.90 Å². The van der Waals surface area contributed by atoms with Crippen molar-refractivity contribution in [1.29, 1.82) is 0 Å². The summed E-state index contributed by atoms with van der Waals surface area (Å²) in [4.78, 5) is 1.97. The predicted molar refractivity (Wildman–Crippen MR) is 122 cm³/mol. The molecule has 4 nitrogen and oxygen atoms in total. The van der Waals surface area contributed by atoms with Gasteiger partial charge in [0.25, 0.3) is 10.0 Å². The first kappa shape index (κ1) is 23.6. The smallest absolute Gasteiger partial charge is 0.264 e. The number of rotatable bonds is 6. The van der Waals surface area contributed by atoms with Gasteiger partial charge >= 0.3 is 0 Å². The van der Waals surface area contributed by atoms with Crippen LogP contribution in [0.3, 0.4) is 0 Å². The monoisotopic (exact) mass is 494 g/mol. The van der Waals surface area contributed by atoms with Gasteiger partial charge in [0, 0.05) is 36.3 Å². The van der Waals surface area contributed by atoms with Gasteiger partial charge in [-0.2, -0.15) is 0 Å². The molecule has 3 aromatic carbocycles. The molecule has 0 N–H and O–H groups in total. The molecule has 0 amide bonds. The van der Waals surface area contributed by atoms with Gasteiger partial charge in [-0.1, -0.05) is 17.7 Å². The second kappa shape index (κ2) is 9.75. The number of hydrogen-bond acceptors (Lipinski definition) is 3. The summed E-state index contributed by atoms with van der Waals surface area (Å²) in [6.07, 6.45) is 0.889. The first-order valence-corrected chi connectivity index (χ1v) is 12.3. The number of benzene rings is 3. The van der Waals surface area contributed by atoms with Crippen LogP contribution >= 0.6 is 11.6 Å². The van der Waals surface area contributed by atoms with Gasteiger partial charge in [0.05, 0.1) is 10.6 Å². The largest absolute Gasteiger partial charge is 0.299 e. The Kier molecular flexibility index (Phi) is 6.97. The van der Waals surface area contributed by atoms with Crippen molar-refractivity contribution in [3.8, 4) is 0 Å². The van der Waals surface area contributed by atoms with E-state index >= 15 is 0 Å². The quantitative estimate of drug-likeness (QED) is 0.447. The molecule has 3 aromatic rings. The Labute approximate surface area is 196 Å². The van der Waals surface area contributed by atoms with E-state index < -0.39 is 33.5 Å². The zero-order valence-electron chi connectivity index (χ0n) is 17.6. The van der Waals surface area contributed by atoms with Gasteiger partial charge in [0.1, 0.15) is 17.5 Å². The molecule has 0 bridgehead atoms. The Balaban J connectivity index is 1.58. The van der Waals surface area contributed by atoms with Crippen LogP contribution in [0.25, 0.3) is 0 Å². The van der Waals surface area contributed by atoms with Crippen LogP contribution in [-0.2, 0) is 16.6 Å². The highest BCUT2D eigenvalue weighted by atomic mass is 35.5. The third-order valence-corrected chi connectivity index (χ3v) is 7.93. The first-order valence-electron chi connectivity index (χ1n) is 10.5. The summed E-state index contributed by atoms with van der Waals surface area (Å²) < 4.78 is 70.1. The highest BCUT2D eigenvalue weighted by Gasteiger charge is 2.34. The molecule has 4 rings (SSSR count). The maximum atomic E-state index is 14.0. The summed E-state index contributed by atoms with van der Waals surface area (Å²) >= 11 is 5.92. The highest BCUT2D eigenvalue weighted by molar-refractivity contribution is 7.92. The zero-order valence-corrected chi connectivity index (χ0v) is 19.2. The van der Waals surface area contributed by atoms with Crippen molar-refractivity contribution < 1.29 is 21.6 Å². The standard InChI is InChI=1S/C24H22ClF3N2O2S/c25-17-4-10-21(11-5-17)33(31,32)30(19-8-6-18(26)7-9-19)20-12-14-29(15-13-20)16-22-23(27)2-1-3-24(22)28/h1-11,20H,12-16H2. The molecular formula is C24H22ClF3N2O2S. The third kappa shape index (κ3) is 5.18. The summed E-state index contributed by atoms with van der Waals surface area (Å²) in [6.45, 7) is 1.00. The molecule has 1 heterocycles. The van der Waals surface area contributed by atoms with Crippen molar-refractivity contribution in [1.82, 2.24) is 4.90 Å². The van der Waals surface area contributed by atoms with Crippen LogP contribution in [0, 0.1) is 17.5 Å². The number of hydrogen-bond donors (Lipinski definition) is 0. The van der Waals surface area contributed by atoms with E-state index in [0.29, 0.717) is 36.6 Å². The maximum Gasteiger partial charge on any atom is 0.264 e. The fraction of sp³-hybridized carbons (Fsp3) is 0.250. The summed E-state index contributed by atoms with van der Waals surface area (Å²) in [5.74, 6) is -1.67. The Hall–Kier alpha value is -2.55. The first-order chi connectivity index (χ1) is 15.8. The number of nitrogens with zero attached hydrogens (tertiary/aromatic N) is 2. The predicted octanol–water partition coefficient (Wildman–Crippen LogP) is 5.62. The van der Waals surface area contributed by atoms with Gasteiger partial charge in [-0.25, -0.2) is 21.6 Å². The summed E-state index contributed by atoms with van der Waals surface area (Å²) in [7, 11) is -3.96. The van der Waals surface area contributed by atoms with Crippen molar-refractivity contribution in [3.63, 3.8) is 0 Å². The molecule has 1 fully saturated rings. The Morgan fingerprint density at radius 2 is 1.45 bits per heavy atom. The van der Waals surface area contributed by atoms with Crippen LogP contribution in [-0.4, -0.2) is 32.4 Å². The van der Waals surface area contributed by atoms with E-state index in [4.69, 9.17) is 11.6 Å². The topological polar surface area (TPSA) is 40.6 Å². The van der Waals surface area contributed by atoms with E-state index in [0.717, 1.165) is 0 Å². The van der Waals surface area contributed by atoms with Crippen LogP contribution in [0.4, 0.5) is 18.9 Å². The molecule has 1 saturated heterocycles. The van der Waals surface area contributed by atoms with Crippen molar-refractivity contribution in [2.45, 2.75) is 30.3 Å². The summed E-state index contributed by atoms with van der Waals surface area (Å²) in [6, 6.07) is 14.5. The molecule has 33 heavy (non-hydrogen) atoms. The normalized spacial score (nSPS) is 15.5. The number of anilines is 1. The van der Waals surface area contributed by atoms with Crippen molar-refractivity contribution in [2.24, 2.45) is 0 Å². The van der Waals surface area contributed by atoms with Crippen molar-refractivity contribution in [3.05, 3.63) is 94.8 Å². The SMILES string of the molecule is O=S(=O)(c1ccc(Cl)cc1)N(c1ccc(F)cc1)C1CCN(Cc2c(F)cccc2F)CC1. The second-order valence-electron chi connectivity index (χ2n) is 7.94. The number of sulfonamides is 1. The van der Waals surface area contributed by atoms with E-state index in [2.05, 4.69) is 0 Å². The minimum absolute atomic E-state index is 0.000117. The molecule has 0 radical (unpaired) electrons. The van der Waals surface area contributed by atoms with Gasteiger partial charge in [0.2, 0.25) is 0 Å². The van der Waals surface area contributed by atoms with Crippen LogP contribution in [0.5, 0.6) is 0 Å². The lowest BCUT2D eigenvalue weighted by Gasteiger charge is -2.39. The minimum Gasteiger partial charge on any atom is -0.299 e. The Bertz CT molecular complexity index is 1190. The Morgan fingerprint density at radius 3 is 2.03 bits per heavy atom. The molecule has 0 aromatic heterocycles. The molecule has 0 saturated carbocycles. The van der Waals surface area contributed by atoms with Crippen molar-refractivity contribution in [2.75, 3.05) is 17.4 Å². The molecule has 1 aliphatic rings. The number of piperidine rings is 1. The molecule has 9 heteroatoms. The number of halogens is 4. The second-order valence-corrected chi connectivity index (χ2v) is 10.2. The fourth-order valence-corrected chi connectivity index (χ4v) is 5.91. The van der Waals surface area contributed by atoms with Crippen LogP contribution < -0.4 is 4.31 Å². The molecule has 0 spiro atoms. The average molecular weight is 495 g/mol. The molecule has 0 unspecified atom stereocenters. The molecule has 0 atom stereocenters. The van der Waals surface area contributed by atoms with Gasteiger partial charge in [-0.15, -0.1) is 0 Å². The summed E-state index contributed by atoms with van der Waals surface area (Å²) in [5.41, 5.74) is 0.352. The van der Waals surface area contributed by atoms with E-state index in [9.17, 15) is 21.6 Å². The van der Waals surface area contributed by atoms with Crippen molar-refractivity contribution >= 4 is 27.3 Å². The zero-order chi connectivity index (χ0) is 23.6. The van der Waals surface area contributed by atoms with E-state index in [1.54, 1.807) is 0 Å². The molecule has 174 valence electrons. The third-order valence-electron chi connectivity index (χ3n) is 5.78. The fourth-order valence-electron chi connectivity index (χ4n) is 4.07. The molecule has 1 aliphatic heterocycles. The number of likely N-dealkylation sites (tertiary alicyclic amines) is 1. The van der Waals surface area contributed by atoms with Gasteiger partial charge in [0.15, 0.2) is 0 Å². The van der Waals surface area contributed by atoms with Gasteiger partial charge < -0.3 is 0 Å². The lowest BCUT2D eigenvalue weighted by molar-refractivity contribution is 0.202. The minimum atomic E-state index is -3.96. The van der Waals surface area contributed by atoms with Gasteiger partial charge in [-0.05, 0) is 73.5 Å². The van der Waals surface area contributed by atoms with Crippen LogP contribution in [0.2, 0.25) is 5.02 Å². The lowest BCUT2D eigenvalue weighted by atomic mass is 10.0. The average Bonchev–Trinajstić information content (AvgIpc) is 2.79.